The third kappa shape index (κ3) is 3.15. The number of para-hydroxylation sites is 1. The van der Waals surface area contributed by atoms with Gasteiger partial charge in [0.2, 0.25) is 0 Å². The Bertz CT molecular complexity index is 576. The van der Waals surface area contributed by atoms with Gasteiger partial charge in [-0.15, -0.1) is 0 Å². The van der Waals surface area contributed by atoms with Crippen molar-refractivity contribution < 1.29 is 10.2 Å². The van der Waals surface area contributed by atoms with Crippen molar-refractivity contribution in [3.05, 3.63) is 40.4 Å². The third-order valence-corrected chi connectivity index (χ3v) is 2.85. The van der Waals surface area contributed by atoms with Gasteiger partial charge in [-0.3, -0.25) is 4.79 Å². The summed E-state index contributed by atoms with van der Waals surface area (Å²) in [6.07, 6.45) is 0. The summed E-state index contributed by atoms with van der Waals surface area (Å²) in [4.78, 5) is 20.5. The van der Waals surface area contributed by atoms with E-state index in [1.54, 1.807) is 6.07 Å². The highest BCUT2D eigenvalue weighted by atomic mass is 16.1. The fraction of sp³-hybridized carbons (Fsp3) is 0.385. The molecule has 1 aromatic heterocycles. The first kappa shape index (κ1) is 12.7. The molecule has 2 rings (SSSR count). The van der Waals surface area contributed by atoms with Gasteiger partial charge in [-0.1, -0.05) is 12.1 Å². The molecule has 0 saturated carbocycles. The smallest absolute Gasteiger partial charge is 0.258 e. The summed E-state index contributed by atoms with van der Waals surface area (Å²) in [6.45, 7) is 2.84. The lowest BCUT2D eigenvalue weighted by Gasteiger charge is -2.06. The maximum atomic E-state index is 11.8. The molecule has 1 heterocycles. The number of rotatable bonds is 5. The van der Waals surface area contributed by atoms with Crippen LogP contribution in [0.3, 0.4) is 0 Å². The molecule has 0 aliphatic rings. The second-order valence-corrected chi connectivity index (χ2v) is 4.77. The highest BCUT2D eigenvalue weighted by molar-refractivity contribution is 5.77. The first-order valence-corrected chi connectivity index (χ1v) is 6.25. The average molecular weight is 248 g/mol. The van der Waals surface area contributed by atoms with Gasteiger partial charge in [0.15, 0.2) is 5.82 Å². The quantitative estimate of drug-likeness (QED) is 0.543. The van der Waals surface area contributed by atoms with Gasteiger partial charge in [-0.25, -0.2) is 4.98 Å². The van der Waals surface area contributed by atoms with E-state index in [1.807, 2.05) is 18.2 Å². The van der Waals surface area contributed by atoms with E-state index in [2.05, 4.69) is 29.4 Å². The van der Waals surface area contributed by atoms with E-state index >= 15 is 0 Å². The third-order valence-electron chi connectivity index (χ3n) is 2.85. The monoisotopic (exact) mass is 248 g/mol. The molecule has 1 aromatic carbocycles. The SMILES string of the molecule is C[NH+](C)CC[NH2+]Cc1nc2ccccc2c(=O)[nH]1. The topological polar surface area (TPSA) is 66.8 Å². The van der Waals surface area contributed by atoms with Crippen molar-refractivity contribution in [2.24, 2.45) is 0 Å². The van der Waals surface area contributed by atoms with Crippen molar-refractivity contribution in [2.45, 2.75) is 6.54 Å². The summed E-state index contributed by atoms with van der Waals surface area (Å²) < 4.78 is 0. The predicted molar refractivity (Wildman–Crippen MR) is 70.5 cm³/mol. The lowest BCUT2D eigenvalue weighted by atomic mass is 10.2. The zero-order valence-electron chi connectivity index (χ0n) is 10.9. The number of likely N-dealkylation sites (N-methyl/N-ethyl adjacent to an activating group) is 1. The Morgan fingerprint density at radius 3 is 2.89 bits per heavy atom. The molecule has 0 aliphatic carbocycles. The highest BCUT2D eigenvalue weighted by Gasteiger charge is 2.04. The minimum absolute atomic E-state index is 0.0535. The van der Waals surface area contributed by atoms with Gasteiger partial charge in [0.1, 0.15) is 19.6 Å². The minimum atomic E-state index is -0.0535. The lowest BCUT2D eigenvalue weighted by Crippen LogP contribution is -3.09. The zero-order chi connectivity index (χ0) is 13.0. The zero-order valence-corrected chi connectivity index (χ0v) is 10.9. The number of nitrogens with two attached hydrogens (primary N) is 1. The second-order valence-electron chi connectivity index (χ2n) is 4.77. The van der Waals surface area contributed by atoms with Crippen molar-refractivity contribution in [2.75, 3.05) is 27.2 Å². The van der Waals surface area contributed by atoms with E-state index in [-0.39, 0.29) is 5.56 Å². The largest absolute Gasteiger partial charge is 0.335 e. The first-order valence-electron chi connectivity index (χ1n) is 6.25. The standard InChI is InChI=1S/C13H18N4O/c1-17(2)8-7-14-9-12-15-11-6-4-3-5-10(11)13(18)16-12/h3-6,14H,7-9H2,1-2H3,(H,15,16,18)/p+2. The molecule has 0 radical (unpaired) electrons. The van der Waals surface area contributed by atoms with Crippen molar-refractivity contribution in [1.82, 2.24) is 9.97 Å². The van der Waals surface area contributed by atoms with Crippen molar-refractivity contribution in [3.8, 4) is 0 Å². The average Bonchev–Trinajstić information content (AvgIpc) is 2.35. The first-order chi connectivity index (χ1) is 8.66. The Labute approximate surface area is 106 Å². The second kappa shape index (κ2) is 5.75. The van der Waals surface area contributed by atoms with Gasteiger partial charge in [0.25, 0.3) is 5.56 Å². The molecule has 5 nitrogen and oxygen atoms in total. The van der Waals surface area contributed by atoms with Crippen LogP contribution in [0.5, 0.6) is 0 Å². The van der Waals surface area contributed by atoms with Crippen LogP contribution in [0.2, 0.25) is 0 Å². The van der Waals surface area contributed by atoms with Crippen LogP contribution in [0.1, 0.15) is 5.82 Å². The molecule has 0 unspecified atom stereocenters. The van der Waals surface area contributed by atoms with Crippen LogP contribution in [0.4, 0.5) is 0 Å². The number of nitrogens with one attached hydrogen (secondary N) is 2. The van der Waals surface area contributed by atoms with E-state index in [9.17, 15) is 4.79 Å². The summed E-state index contributed by atoms with van der Waals surface area (Å²) in [5.41, 5.74) is 0.713. The molecule has 0 atom stereocenters. The van der Waals surface area contributed by atoms with Crippen LogP contribution in [-0.2, 0) is 6.54 Å². The summed E-state index contributed by atoms with van der Waals surface area (Å²) in [5, 5.41) is 2.82. The minimum Gasteiger partial charge on any atom is -0.335 e. The van der Waals surface area contributed by atoms with Gasteiger partial charge < -0.3 is 15.2 Å². The lowest BCUT2D eigenvalue weighted by molar-refractivity contribution is -0.875. The summed E-state index contributed by atoms with van der Waals surface area (Å²) in [7, 11) is 4.26. The summed E-state index contributed by atoms with van der Waals surface area (Å²) in [5.74, 6) is 0.743. The van der Waals surface area contributed by atoms with Crippen LogP contribution in [-0.4, -0.2) is 37.2 Å². The molecule has 0 fully saturated rings. The Morgan fingerprint density at radius 1 is 1.33 bits per heavy atom. The van der Waals surface area contributed by atoms with E-state index < -0.39 is 0 Å². The van der Waals surface area contributed by atoms with Gasteiger partial charge in [-0.2, -0.15) is 0 Å². The molecule has 5 heteroatoms. The number of benzene rings is 1. The number of hydrogen-bond acceptors (Lipinski definition) is 2. The highest BCUT2D eigenvalue weighted by Crippen LogP contribution is 2.04. The number of nitrogens with zero attached hydrogens (tertiary/aromatic N) is 1. The van der Waals surface area contributed by atoms with Crippen LogP contribution in [0, 0.1) is 0 Å². The van der Waals surface area contributed by atoms with E-state index in [4.69, 9.17) is 0 Å². The molecule has 2 aromatic rings. The number of aromatic nitrogens is 2. The van der Waals surface area contributed by atoms with Gasteiger partial charge >= 0.3 is 0 Å². The maximum Gasteiger partial charge on any atom is 0.258 e. The molecule has 18 heavy (non-hydrogen) atoms. The predicted octanol–water partition coefficient (Wildman–Crippen LogP) is -1.87. The molecule has 0 aliphatic heterocycles. The van der Waals surface area contributed by atoms with Gasteiger partial charge in [-0.05, 0) is 12.1 Å². The normalized spacial score (nSPS) is 11.3. The molecule has 0 spiro atoms. The number of fused-ring (bicyclic) bond motifs is 1. The maximum absolute atomic E-state index is 11.8. The Kier molecular flexibility index (Phi) is 4.07. The fourth-order valence-electron chi connectivity index (χ4n) is 1.86. The van der Waals surface area contributed by atoms with Crippen molar-refractivity contribution in [3.63, 3.8) is 0 Å². The van der Waals surface area contributed by atoms with Gasteiger partial charge in [0.05, 0.1) is 25.0 Å². The number of H-pyrrole nitrogens is 1. The number of aromatic amines is 1. The Hall–Kier alpha value is -1.72. The van der Waals surface area contributed by atoms with Crippen LogP contribution >= 0.6 is 0 Å². The summed E-state index contributed by atoms with van der Waals surface area (Å²) >= 11 is 0. The molecule has 0 saturated heterocycles. The van der Waals surface area contributed by atoms with Crippen molar-refractivity contribution >= 4 is 10.9 Å². The molecular formula is C13H20N4O+2. The number of hydrogen-bond donors (Lipinski definition) is 3. The van der Waals surface area contributed by atoms with E-state index in [1.165, 1.54) is 4.90 Å². The van der Waals surface area contributed by atoms with Crippen LogP contribution in [0.15, 0.2) is 29.1 Å². The molecule has 4 N–H and O–H groups in total. The Balaban J connectivity index is 2.08. The van der Waals surface area contributed by atoms with Gasteiger partial charge in [0, 0.05) is 0 Å². The number of quaternary nitrogens is 2. The fourth-order valence-corrected chi connectivity index (χ4v) is 1.86. The van der Waals surface area contributed by atoms with Crippen LogP contribution < -0.4 is 15.8 Å². The van der Waals surface area contributed by atoms with E-state index in [0.29, 0.717) is 11.9 Å². The molecule has 0 bridgehead atoms. The van der Waals surface area contributed by atoms with E-state index in [0.717, 1.165) is 24.4 Å². The molecule has 96 valence electrons. The Morgan fingerprint density at radius 2 is 2.11 bits per heavy atom. The van der Waals surface area contributed by atoms with Crippen molar-refractivity contribution in [1.29, 1.82) is 0 Å². The molecule has 0 amide bonds. The molecular weight excluding hydrogens is 228 g/mol. The van der Waals surface area contributed by atoms with Crippen LogP contribution in [0.25, 0.3) is 10.9 Å². The summed E-state index contributed by atoms with van der Waals surface area (Å²) in [6, 6.07) is 7.42.